The number of carbonyl (C=O) groups excluding carboxylic acids is 4. The maximum atomic E-state index is 12.7. The first-order chi connectivity index (χ1) is 11.9. The second kappa shape index (κ2) is 6.29. The lowest BCUT2D eigenvalue weighted by Crippen LogP contribution is -2.45. The van der Waals surface area contributed by atoms with E-state index in [-0.39, 0.29) is 25.7 Å². The van der Waals surface area contributed by atoms with Gasteiger partial charge in [-0.15, -0.1) is 0 Å². The van der Waals surface area contributed by atoms with Crippen molar-refractivity contribution in [2.45, 2.75) is 11.7 Å². The van der Waals surface area contributed by atoms with Crippen molar-refractivity contribution in [2.75, 3.05) is 19.8 Å². The van der Waals surface area contributed by atoms with Crippen LogP contribution in [0.4, 0.5) is 0 Å². The van der Waals surface area contributed by atoms with Crippen molar-refractivity contribution < 1.29 is 33.4 Å². The van der Waals surface area contributed by atoms with Gasteiger partial charge in [-0.05, 0) is 6.08 Å². The first-order valence-electron chi connectivity index (χ1n) is 7.74. The Balaban J connectivity index is 1.72. The Hall–Kier alpha value is -2.74. The zero-order valence-corrected chi connectivity index (χ0v) is 13.4. The van der Waals surface area contributed by atoms with E-state index >= 15 is 0 Å². The van der Waals surface area contributed by atoms with Crippen molar-refractivity contribution in [3.8, 4) is 0 Å². The fraction of sp³-hybridized carbons (Fsp3) is 0.412. The molecule has 2 saturated heterocycles. The highest BCUT2D eigenvalue weighted by Crippen LogP contribution is 2.51. The van der Waals surface area contributed by atoms with Gasteiger partial charge in [0.2, 0.25) is 11.8 Å². The quantitative estimate of drug-likeness (QED) is 0.271. The van der Waals surface area contributed by atoms with Crippen LogP contribution < -0.4 is 0 Å². The highest BCUT2D eigenvalue weighted by atomic mass is 16.6. The topological polar surface area (TPSA) is 99.2 Å². The summed E-state index contributed by atoms with van der Waals surface area (Å²) in [5, 5.41) is 0. The summed E-state index contributed by atoms with van der Waals surface area (Å²) in [6.07, 6.45) is 4.85. The van der Waals surface area contributed by atoms with Gasteiger partial charge in [-0.2, -0.15) is 0 Å². The molecule has 2 fully saturated rings. The lowest BCUT2D eigenvalue weighted by Gasteiger charge is -2.28. The Morgan fingerprint density at radius 1 is 1.20 bits per heavy atom. The van der Waals surface area contributed by atoms with Crippen LogP contribution in [0.3, 0.4) is 0 Å². The smallest absolute Gasteiger partial charge is 0.330 e. The molecule has 0 aromatic heterocycles. The van der Waals surface area contributed by atoms with Crippen LogP contribution in [-0.4, -0.2) is 60.1 Å². The van der Waals surface area contributed by atoms with Crippen LogP contribution in [0, 0.1) is 11.8 Å². The molecule has 0 spiro atoms. The summed E-state index contributed by atoms with van der Waals surface area (Å²) in [5.41, 5.74) is -1.15. The molecule has 0 radical (unpaired) electrons. The molecule has 2 bridgehead atoms. The van der Waals surface area contributed by atoms with Crippen LogP contribution >= 0.6 is 0 Å². The van der Waals surface area contributed by atoms with Crippen molar-refractivity contribution in [3.05, 3.63) is 37.5 Å². The number of nitrogens with zero attached hydrogens (tertiary/aromatic N) is 1. The van der Waals surface area contributed by atoms with Crippen LogP contribution in [0.25, 0.3) is 0 Å². The number of hydrogen-bond donors (Lipinski definition) is 0. The van der Waals surface area contributed by atoms with E-state index in [1.54, 1.807) is 12.2 Å². The SMILES string of the molecule is C=CC(=O)OCCN1C(=O)C2C3C=CC(COC(=O)C=C)(O3)C2C1=O. The summed E-state index contributed by atoms with van der Waals surface area (Å²) in [7, 11) is 0. The number of carbonyl (C=O) groups is 4. The van der Waals surface area contributed by atoms with Crippen LogP contribution in [0.5, 0.6) is 0 Å². The van der Waals surface area contributed by atoms with Crippen molar-refractivity contribution >= 4 is 23.8 Å². The molecule has 4 atom stereocenters. The first-order valence-corrected chi connectivity index (χ1v) is 7.74. The van der Waals surface area contributed by atoms with Gasteiger partial charge >= 0.3 is 11.9 Å². The lowest BCUT2D eigenvalue weighted by molar-refractivity contribution is -0.154. The third-order valence-corrected chi connectivity index (χ3v) is 4.58. The van der Waals surface area contributed by atoms with Crippen molar-refractivity contribution in [3.63, 3.8) is 0 Å². The van der Waals surface area contributed by atoms with Crippen LogP contribution in [-0.2, 0) is 33.4 Å². The lowest BCUT2D eigenvalue weighted by atomic mass is 9.77. The number of likely N-dealkylation sites (tertiary alicyclic amines) is 1. The molecule has 3 aliphatic heterocycles. The fourth-order valence-corrected chi connectivity index (χ4v) is 3.49. The van der Waals surface area contributed by atoms with Crippen LogP contribution in [0.1, 0.15) is 0 Å². The molecule has 3 rings (SSSR count). The minimum atomic E-state index is -1.15. The van der Waals surface area contributed by atoms with Gasteiger partial charge in [-0.1, -0.05) is 19.2 Å². The van der Waals surface area contributed by atoms with E-state index in [0.717, 1.165) is 17.1 Å². The molecular weight excluding hydrogens is 330 g/mol. The molecular formula is C17H17NO7. The average molecular weight is 347 g/mol. The van der Waals surface area contributed by atoms with Gasteiger partial charge in [0.15, 0.2) is 0 Å². The van der Waals surface area contributed by atoms with E-state index in [1.807, 2.05) is 0 Å². The zero-order valence-electron chi connectivity index (χ0n) is 13.4. The molecule has 0 aliphatic carbocycles. The summed E-state index contributed by atoms with van der Waals surface area (Å²) in [6, 6.07) is 0. The number of imide groups is 1. The molecule has 0 aromatic carbocycles. The molecule has 25 heavy (non-hydrogen) atoms. The third-order valence-electron chi connectivity index (χ3n) is 4.58. The Bertz CT molecular complexity index is 697. The molecule has 0 N–H and O–H groups in total. The summed E-state index contributed by atoms with van der Waals surface area (Å²) >= 11 is 0. The number of amides is 2. The fourth-order valence-electron chi connectivity index (χ4n) is 3.49. The highest BCUT2D eigenvalue weighted by molar-refractivity contribution is 6.07. The van der Waals surface area contributed by atoms with E-state index < -0.39 is 41.4 Å². The molecule has 4 unspecified atom stereocenters. The Labute approximate surface area is 143 Å². The van der Waals surface area contributed by atoms with Gasteiger partial charge in [-0.25, -0.2) is 9.59 Å². The summed E-state index contributed by atoms with van der Waals surface area (Å²) < 4.78 is 15.7. The number of ether oxygens (including phenoxy) is 3. The van der Waals surface area contributed by atoms with Gasteiger partial charge < -0.3 is 14.2 Å². The zero-order chi connectivity index (χ0) is 18.2. The number of esters is 2. The Morgan fingerprint density at radius 2 is 1.88 bits per heavy atom. The van der Waals surface area contributed by atoms with Crippen LogP contribution in [0.2, 0.25) is 0 Å². The molecule has 8 nitrogen and oxygen atoms in total. The molecule has 132 valence electrons. The largest absolute Gasteiger partial charge is 0.461 e. The van der Waals surface area contributed by atoms with E-state index in [2.05, 4.69) is 13.2 Å². The molecule has 3 heterocycles. The number of hydrogen-bond acceptors (Lipinski definition) is 7. The molecule has 0 saturated carbocycles. The van der Waals surface area contributed by atoms with Gasteiger partial charge in [-0.3, -0.25) is 14.5 Å². The summed E-state index contributed by atoms with van der Waals surface area (Å²) in [5.74, 6) is -3.49. The van der Waals surface area contributed by atoms with Crippen LogP contribution in [0.15, 0.2) is 37.5 Å². The molecule has 3 aliphatic rings. The van der Waals surface area contributed by atoms with Gasteiger partial charge in [0, 0.05) is 12.2 Å². The Morgan fingerprint density at radius 3 is 2.56 bits per heavy atom. The molecule has 0 aromatic rings. The van der Waals surface area contributed by atoms with E-state index in [1.165, 1.54) is 0 Å². The monoisotopic (exact) mass is 347 g/mol. The van der Waals surface area contributed by atoms with Crippen molar-refractivity contribution in [1.82, 2.24) is 4.90 Å². The van der Waals surface area contributed by atoms with Gasteiger partial charge in [0.25, 0.3) is 0 Å². The van der Waals surface area contributed by atoms with E-state index in [4.69, 9.17) is 14.2 Å². The summed E-state index contributed by atoms with van der Waals surface area (Å²) in [4.78, 5) is 48.8. The van der Waals surface area contributed by atoms with E-state index in [9.17, 15) is 19.2 Å². The average Bonchev–Trinajstić information content (AvgIpc) is 3.25. The second-order valence-electron chi connectivity index (χ2n) is 5.91. The predicted octanol–water partition coefficient (Wildman–Crippen LogP) is -0.247. The van der Waals surface area contributed by atoms with Gasteiger partial charge in [0.1, 0.15) is 18.8 Å². The molecule has 2 amide bonds. The molecule has 8 heteroatoms. The first kappa shape index (κ1) is 17.1. The maximum Gasteiger partial charge on any atom is 0.330 e. The highest BCUT2D eigenvalue weighted by Gasteiger charge is 2.67. The third kappa shape index (κ3) is 2.68. The Kier molecular flexibility index (Phi) is 4.30. The summed E-state index contributed by atoms with van der Waals surface area (Å²) in [6.45, 7) is 6.25. The second-order valence-corrected chi connectivity index (χ2v) is 5.91. The van der Waals surface area contributed by atoms with Gasteiger partial charge in [0.05, 0.1) is 24.5 Å². The van der Waals surface area contributed by atoms with E-state index in [0.29, 0.717) is 0 Å². The number of fused-ring (bicyclic) bond motifs is 5. The normalized spacial score (nSPS) is 31.8. The minimum absolute atomic E-state index is 0.0422. The number of rotatable bonds is 7. The minimum Gasteiger partial charge on any atom is -0.461 e. The maximum absolute atomic E-state index is 12.7. The predicted molar refractivity (Wildman–Crippen MR) is 82.8 cm³/mol. The van der Waals surface area contributed by atoms with Crippen molar-refractivity contribution in [1.29, 1.82) is 0 Å². The van der Waals surface area contributed by atoms with Crippen molar-refractivity contribution in [2.24, 2.45) is 11.8 Å². The standard InChI is InChI=1S/C17H17NO7/c1-3-11(19)23-8-7-18-15(21)13-10-5-6-17(25-10,14(13)16(18)22)9-24-12(20)4-2/h3-6,10,13-14H,1-2,7-9H2.